The molecule has 0 saturated carbocycles. The fourth-order valence-corrected chi connectivity index (χ4v) is 4.79. The van der Waals surface area contributed by atoms with E-state index in [4.69, 9.17) is 32.7 Å². The molecule has 0 N–H and O–H groups in total. The lowest BCUT2D eigenvalue weighted by molar-refractivity contribution is 0.103. The van der Waals surface area contributed by atoms with Gasteiger partial charge in [-0.2, -0.15) is 0 Å². The van der Waals surface area contributed by atoms with Gasteiger partial charge in [0.05, 0.1) is 35.1 Å². The quantitative estimate of drug-likeness (QED) is 0.341. The van der Waals surface area contributed by atoms with Crippen LogP contribution in [0.15, 0.2) is 60.7 Å². The molecule has 1 atom stereocenters. The van der Waals surface area contributed by atoms with Gasteiger partial charge in [-0.15, -0.1) is 0 Å². The lowest BCUT2D eigenvalue weighted by atomic mass is 10.0. The van der Waals surface area contributed by atoms with Crippen molar-refractivity contribution in [3.63, 3.8) is 0 Å². The number of ketones is 1. The van der Waals surface area contributed by atoms with E-state index >= 15 is 0 Å². The highest BCUT2D eigenvalue weighted by Gasteiger charge is 2.29. The first-order valence-corrected chi connectivity index (χ1v) is 10.7. The monoisotopic (exact) mass is 461 g/mol. The van der Waals surface area contributed by atoms with Crippen LogP contribution in [0.1, 0.15) is 26.3 Å². The van der Waals surface area contributed by atoms with Gasteiger partial charge < -0.3 is 9.47 Å². The second-order valence-corrected chi connectivity index (χ2v) is 8.37. The molecule has 0 saturated heterocycles. The highest BCUT2D eigenvalue weighted by atomic mass is 35.5. The molecule has 1 unspecified atom stereocenters. The molecule has 3 rings (SSSR count). The van der Waals surface area contributed by atoms with E-state index in [0.717, 1.165) is 0 Å². The molecule has 5 nitrogen and oxygen atoms in total. The predicted octanol–water partition coefficient (Wildman–Crippen LogP) is 5.53. The second-order valence-electron chi connectivity index (χ2n) is 6.08. The van der Waals surface area contributed by atoms with Crippen molar-refractivity contribution in [1.29, 1.82) is 0 Å². The van der Waals surface area contributed by atoms with Crippen LogP contribution in [-0.4, -0.2) is 25.5 Å². The summed E-state index contributed by atoms with van der Waals surface area (Å²) < 4.78 is 23.8. The Kier molecular flexibility index (Phi) is 6.88. The van der Waals surface area contributed by atoms with Gasteiger partial charge in [0.1, 0.15) is 17.1 Å². The standard InChI is InChI=1S/C22H16Cl2O5P/c1-28-16-10-6-11-17(29-2)20(16)22(26)30(27)18-12-4-3-7-13(18)21(25)19-14(23)8-5-9-15(19)24/h3-12H,1-2H3. The minimum absolute atomic E-state index is 0.0432. The number of halogens is 2. The third-order valence-electron chi connectivity index (χ3n) is 4.38. The van der Waals surface area contributed by atoms with Crippen LogP contribution in [0, 0.1) is 0 Å². The summed E-state index contributed by atoms with van der Waals surface area (Å²) in [5, 5.41) is 0.400. The number of methoxy groups -OCH3 is 2. The molecule has 0 aromatic heterocycles. The van der Waals surface area contributed by atoms with Crippen LogP contribution in [0.2, 0.25) is 10.0 Å². The number of carbonyl (C=O) groups is 2. The van der Waals surface area contributed by atoms with Crippen molar-refractivity contribution < 1.29 is 23.6 Å². The summed E-state index contributed by atoms with van der Waals surface area (Å²) >= 11 is 12.3. The number of carbonyl (C=O) groups excluding carboxylic acids is 2. The van der Waals surface area contributed by atoms with Gasteiger partial charge in [0, 0.05) is 5.56 Å². The Morgan fingerprint density at radius 2 is 1.30 bits per heavy atom. The Bertz CT molecular complexity index is 1120. The Morgan fingerprint density at radius 3 is 1.87 bits per heavy atom. The molecule has 0 bridgehead atoms. The van der Waals surface area contributed by atoms with Crippen LogP contribution in [-0.2, 0) is 4.57 Å². The summed E-state index contributed by atoms with van der Waals surface area (Å²) in [7, 11) is 0.121. The number of hydrogen-bond acceptors (Lipinski definition) is 5. The minimum atomic E-state index is -2.68. The van der Waals surface area contributed by atoms with E-state index < -0.39 is 19.1 Å². The Hall–Kier alpha value is -2.72. The van der Waals surface area contributed by atoms with Gasteiger partial charge in [0.2, 0.25) is 0 Å². The molecular weight excluding hydrogens is 446 g/mol. The van der Waals surface area contributed by atoms with Gasteiger partial charge in [-0.3, -0.25) is 14.2 Å². The average Bonchev–Trinajstić information content (AvgIpc) is 2.77. The zero-order valence-electron chi connectivity index (χ0n) is 16.0. The average molecular weight is 462 g/mol. The van der Waals surface area contributed by atoms with Crippen molar-refractivity contribution in [2.75, 3.05) is 14.2 Å². The molecular formula is C22H16Cl2O5P. The van der Waals surface area contributed by atoms with Gasteiger partial charge in [0.25, 0.3) is 5.52 Å². The van der Waals surface area contributed by atoms with E-state index in [-0.39, 0.29) is 43.5 Å². The maximum absolute atomic E-state index is 13.3. The third kappa shape index (κ3) is 4.10. The summed E-state index contributed by atoms with van der Waals surface area (Å²) in [6.07, 6.45) is 0. The van der Waals surface area contributed by atoms with Gasteiger partial charge in [-0.25, -0.2) is 0 Å². The number of benzene rings is 3. The molecule has 1 radical (unpaired) electrons. The first-order chi connectivity index (χ1) is 14.4. The van der Waals surface area contributed by atoms with Crippen LogP contribution >= 0.6 is 31.0 Å². The van der Waals surface area contributed by atoms with E-state index in [2.05, 4.69) is 0 Å². The zero-order valence-corrected chi connectivity index (χ0v) is 18.4. The van der Waals surface area contributed by atoms with E-state index in [1.807, 2.05) is 0 Å². The van der Waals surface area contributed by atoms with Crippen molar-refractivity contribution in [2.24, 2.45) is 0 Å². The van der Waals surface area contributed by atoms with Gasteiger partial charge in [0.15, 0.2) is 13.6 Å². The van der Waals surface area contributed by atoms with Crippen molar-refractivity contribution in [3.05, 3.63) is 87.4 Å². The van der Waals surface area contributed by atoms with Gasteiger partial charge >= 0.3 is 0 Å². The lowest BCUT2D eigenvalue weighted by Gasteiger charge is -2.13. The van der Waals surface area contributed by atoms with Crippen LogP contribution in [0.4, 0.5) is 0 Å². The molecule has 0 aliphatic carbocycles. The number of rotatable bonds is 7. The van der Waals surface area contributed by atoms with Crippen molar-refractivity contribution in [3.8, 4) is 11.5 Å². The Labute approximate surface area is 184 Å². The summed E-state index contributed by atoms with van der Waals surface area (Å²) in [6, 6.07) is 15.6. The van der Waals surface area contributed by atoms with Crippen LogP contribution in [0.5, 0.6) is 11.5 Å². The summed E-state index contributed by atoms with van der Waals surface area (Å²) in [5.41, 5.74) is -0.513. The molecule has 30 heavy (non-hydrogen) atoms. The van der Waals surface area contributed by atoms with E-state index in [1.54, 1.807) is 36.4 Å². The zero-order chi connectivity index (χ0) is 21.8. The van der Waals surface area contributed by atoms with E-state index in [9.17, 15) is 14.2 Å². The molecule has 8 heteroatoms. The van der Waals surface area contributed by atoms with Crippen LogP contribution in [0.3, 0.4) is 0 Å². The maximum Gasteiger partial charge on any atom is 0.254 e. The lowest BCUT2D eigenvalue weighted by Crippen LogP contribution is -2.17. The third-order valence-corrected chi connectivity index (χ3v) is 6.43. The molecule has 0 fully saturated rings. The molecule has 0 spiro atoms. The predicted molar refractivity (Wildman–Crippen MR) is 117 cm³/mol. The molecule has 0 aliphatic rings. The van der Waals surface area contributed by atoms with E-state index in [0.29, 0.717) is 0 Å². The fourth-order valence-electron chi connectivity index (χ4n) is 2.97. The van der Waals surface area contributed by atoms with Crippen molar-refractivity contribution in [2.45, 2.75) is 0 Å². The Balaban J connectivity index is 2.10. The topological polar surface area (TPSA) is 69.7 Å². The highest BCUT2D eigenvalue weighted by molar-refractivity contribution is 7.71. The highest BCUT2D eigenvalue weighted by Crippen LogP contribution is 2.38. The van der Waals surface area contributed by atoms with Crippen LogP contribution in [0.25, 0.3) is 0 Å². The summed E-state index contributed by atoms with van der Waals surface area (Å²) in [4.78, 5) is 26.3. The molecule has 3 aromatic carbocycles. The molecule has 0 amide bonds. The summed E-state index contributed by atoms with van der Waals surface area (Å²) in [6.45, 7) is 0. The fraction of sp³-hybridized carbons (Fsp3) is 0.0909. The number of hydrogen-bond donors (Lipinski definition) is 0. The first kappa shape index (κ1) is 22.0. The van der Waals surface area contributed by atoms with Gasteiger partial charge in [-0.05, 0) is 36.4 Å². The van der Waals surface area contributed by atoms with Crippen LogP contribution < -0.4 is 14.8 Å². The maximum atomic E-state index is 13.3. The normalized spacial score (nSPS) is 11.0. The number of ether oxygens (including phenoxy) is 2. The van der Waals surface area contributed by atoms with Gasteiger partial charge in [-0.1, -0.05) is 47.5 Å². The largest absolute Gasteiger partial charge is 0.496 e. The molecule has 0 aliphatic heterocycles. The molecule has 3 aromatic rings. The van der Waals surface area contributed by atoms with Crippen molar-refractivity contribution in [1.82, 2.24) is 0 Å². The Morgan fingerprint density at radius 1 is 0.767 bits per heavy atom. The molecule has 153 valence electrons. The SMILES string of the molecule is COc1cccc(OC)c1C(=O)[P](=O)c1ccccc1C(=O)c1c(Cl)cccc1Cl. The summed E-state index contributed by atoms with van der Waals surface area (Å²) in [5.74, 6) is -0.0781. The first-order valence-electron chi connectivity index (χ1n) is 8.71. The minimum Gasteiger partial charge on any atom is -0.496 e. The van der Waals surface area contributed by atoms with E-state index in [1.165, 1.54) is 38.5 Å². The second kappa shape index (κ2) is 9.40. The molecule has 0 heterocycles. The smallest absolute Gasteiger partial charge is 0.254 e. The van der Waals surface area contributed by atoms with Crippen molar-refractivity contribution >= 4 is 47.6 Å².